The number of sulfone groups is 1. The minimum absolute atomic E-state index is 0.0283. The average molecular weight is 437 g/mol. The van der Waals surface area contributed by atoms with Gasteiger partial charge in [-0.25, -0.2) is 13.4 Å². The number of aromatic hydroxyl groups is 1. The molecule has 0 saturated heterocycles. The van der Waals surface area contributed by atoms with Crippen molar-refractivity contribution in [2.24, 2.45) is 0 Å². The second-order valence-corrected chi connectivity index (χ2v) is 9.70. The zero-order valence-electron chi connectivity index (χ0n) is 16.4. The highest BCUT2D eigenvalue weighted by Crippen LogP contribution is 2.30. The number of nitrogens with zero attached hydrogens (tertiary/aromatic N) is 1. The number of anilines is 1. The zero-order chi connectivity index (χ0) is 21.6. The summed E-state index contributed by atoms with van der Waals surface area (Å²) >= 11 is 1.52. The van der Waals surface area contributed by atoms with Crippen LogP contribution in [0.25, 0.3) is 10.2 Å². The lowest BCUT2D eigenvalue weighted by molar-refractivity contribution is 0.480. The van der Waals surface area contributed by atoms with Crippen LogP contribution in [0.1, 0.15) is 22.6 Å². The molecule has 152 valence electrons. The van der Waals surface area contributed by atoms with Crippen molar-refractivity contribution in [3.63, 3.8) is 0 Å². The smallest absolute Gasteiger partial charge is 0.171 e. The third-order valence-corrected chi connectivity index (χ3v) is 6.26. The second kappa shape index (κ2) is 9.49. The molecule has 0 aliphatic heterocycles. The molecule has 0 aliphatic rings. The van der Waals surface area contributed by atoms with Gasteiger partial charge in [0, 0.05) is 28.6 Å². The van der Waals surface area contributed by atoms with Crippen LogP contribution in [0.5, 0.6) is 5.75 Å². The highest BCUT2D eigenvalue weighted by atomic mass is 32.2. The van der Waals surface area contributed by atoms with Crippen LogP contribution in [-0.2, 0) is 9.84 Å². The zero-order valence-corrected chi connectivity index (χ0v) is 18.0. The van der Waals surface area contributed by atoms with E-state index in [4.69, 9.17) is 0 Å². The van der Waals surface area contributed by atoms with E-state index in [1.54, 1.807) is 6.07 Å². The van der Waals surface area contributed by atoms with Gasteiger partial charge in [-0.05, 0) is 37.3 Å². The first-order valence-electron chi connectivity index (χ1n) is 9.13. The molecule has 2 N–H and O–H groups in total. The van der Waals surface area contributed by atoms with Crippen LogP contribution in [-0.4, -0.2) is 30.8 Å². The van der Waals surface area contributed by atoms with E-state index in [2.05, 4.69) is 40.6 Å². The van der Waals surface area contributed by atoms with Gasteiger partial charge in [-0.2, -0.15) is 0 Å². The van der Waals surface area contributed by atoms with E-state index < -0.39 is 9.84 Å². The van der Waals surface area contributed by atoms with Crippen molar-refractivity contribution in [2.45, 2.75) is 13.3 Å². The van der Waals surface area contributed by atoms with Crippen molar-refractivity contribution >= 4 is 37.1 Å². The van der Waals surface area contributed by atoms with E-state index in [1.165, 1.54) is 11.3 Å². The molecule has 1 aromatic heterocycles. The average Bonchev–Trinajstić information content (AvgIpc) is 3.10. The summed E-state index contributed by atoms with van der Waals surface area (Å²) in [5.41, 5.74) is 3.01. The van der Waals surface area contributed by atoms with Gasteiger partial charge in [0.1, 0.15) is 11.3 Å². The number of hydrogen-bond donors (Lipinski definition) is 2. The maximum atomic E-state index is 11.4. The maximum absolute atomic E-state index is 11.4. The Balaban J connectivity index is 1.60. The van der Waals surface area contributed by atoms with Gasteiger partial charge in [0.15, 0.2) is 9.84 Å². The first-order chi connectivity index (χ1) is 14.4. The summed E-state index contributed by atoms with van der Waals surface area (Å²) in [5.74, 6) is 12.0. The van der Waals surface area contributed by atoms with Crippen molar-refractivity contribution < 1.29 is 13.5 Å². The third-order valence-electron chi connectivity index (χ3n) is 4.06. The predicted octanol–water partition coefficient (Wildman–Crippen LogP) is 4.07. The Bertz CT molecular complexity index is 1320. The number of aromatic nitrogens is 1. The molecular weight excluding hydrogens is 416 g/mol. The minimum atomic E-state index is -3.22. The van der Waals surface area contributed by atoms with Gasteiger partial charge in [-0.15, -0.1) is 11.3 Å². The Labute approximate surface area is 180 Å². The van der Waals surface area contributed by atoms with Crippen LogP contribution in [0.4, 0.5) is 5.69 Å². The Morgan fingerprint density at radius 2 is 2.00 bits per heavy atom. The first-order valence-corrected chi connectivity index (χ1v) is 11.7. The quantitative estimate of drug-likeness (QED) is 0.590. The molecule has 0 fully saturated rings. The largest absolute Gasteiger partial charge is 0.506 e. The fraction of sp³-hybridized carbons (Fsp3) is 0.174. The van der Waals surface area contributed by atoms with E-state index in [0.717, 1.165) is 31.9 Å². The standard InChI is InChI=1S/C23H20N2O3S2/c1-3-30(27,28)13-5-4-8-18-9-6-11-20(14-18)24-12-7-10-19-15-21(26)23-22(16-19)29-17(2)25-23/h3,6,9,11,14-16,24,26H,1,5,12-13H2,2H3. The first kappa shape index (κ1) is 21.4. The topological polar surface area (TPSA) is 79.3 Å². The predicted molar refractivity (Wildman–Crippen MR) is 123 cm³/mol. The molecular formula is C23H20N2O3S2. The van der Waals surface area contributed by atoms with E-state index in [-0.39, 0.29) is 17.9 Å². The minimum Gasteiger partial charge on any atom is -0.506 e. The lowest BCUT2D eigenvalue weighted by Gasteiger charge is -2.02. The summed E-state index contributed by atoms with van der Waals surface area (Å²) < 4.78 is 23.7. The lowest BCUT2D eigenvalue weighted by atomic mass is 10.2. The number of nitrogens with one attached hydrogen (secondary N) is 1. The summed E-state index contributed by atoms with van der Waals surface area (Å²) in [6, 6.07) is 11.1. The molecule has 0 saturated carbocycles. The Morgan fingerprint density at radius 1 is 1.20 bits per heavy atom. The summed E-state index contributed by atoms with van der Waals surface area (Å²) in [7, 11) is -3.22. The molecule has 7 heteroatoms. The second-order valence-electron chi connectivity index (χ2n) is 6.40. The molecule has 30 heavy (non-hydrogen) atoms. The van der Waals surface area contributed by atoms with Gasteiger partial charge in [-0.3, -0.25) is 0 Å². The normalized spacial score (nSPS) is 10.6. The molecule has 5 nitrogen and oxygen atoms in total. The van der Waals surface area contributed by atoms with E-state index in [0.29, 0.717) is 12.1 Å². The van der Waals surface area contributed by atoms with Crippen molar-refractivity contribution in [1.82, 2.24) is 4.98 Å². The van der Waals surface area contributed by atoms with Crippen molar-refractivity contribution in [2.75, 3.05) is 17.6 Å². The number of hydrogen-bond acceptors (Lipinski definition) is 6. The Kier molecular flexibility index (Phi) is 6.79. The van der Waals surface area contributed by atoms with Gasteiger partial charge >= 0.3 is 0 Å². The molecule has 0 amide bonds. The number of rotatable bonds is 5. The molecule has 0 unspecified atom stereocenters. The molecule has 3 aromatic rings. The number of phenolic OH excluding ortho intramolecular Hbond substituents is 1. The summed E-state index contributed by atoms with van der Waals surface area (Å²) in [6.07, 6.45) is 0.258. The number of fused-ring (bicyclic) bond motifs is 1. The van der Waals surface area contributed by atoms with Crippen LogP contribution in [0, 0.1) is 30.6 Å². The Hall–Kier alpha value is -3.26. The maximum Gasteiger partial charge on any atom is 0.171 e. The Morgan fingerprint density at radius 3 is 2.80 bits per heavy atom. The van der Waals surface area contributed by atoms with Gasteiger partial charge in [-0.1, -0.05) is 36.3 Å². The fourth-order valence-electron chi connectivity index (χ4n) is 2.64. The number of thiazole rings is 1. The number of phenols is 1. The SMILES string of the molecule is C=CS(=O)(=O)CCC#Cc1cccc(NCC#Cc2cc(O)c3nc(C)sc3c2)c1. The van der Waals surface area contributed by atoms with Gasteiger partial charge in [0.25, 0.3) is 0 Å². The fourth-order valence-corrected chi connectivity index (χ4v) is 4.08. The molecule has 1 heterocycles. The molecule has 0 spiro atoms. The summed E-state index contributed by atoms with van der Waals surface area (Å²) in [5, 5.41) is 15.2. The monoisotopic (exact) mass is 436 g/mol. The van der Waals surface area contributed by atoms with Gasteiger partial charge in [0.2, 0.25) is 0 Å². The molecule has 0 atom stereocenters. The molecule has 2 aromatic carbocycles. The van der Waals surface area contributed by atoms with Crippen LogP contribution in [0.3, 0.4) is 0 Å². The van der Waals surface area contributed by atoms with E-state index >= 15 is 0 Å². The summed E-state index contributed by atoms with van der Waals surface area (Å²) in [4.78, 5) is 4.30. The van der Waals surface area contributed by atoms with Crippen LogP contribution < -0.4 is 5.32 Å². The highest BCUT2D eigenvalue weighted by Gasteiger charge is 2.06. The van der Waals surface area contributed by atoms with Crippen molar-refractivity contribution in [1.29, 1.82) is 0 Å². The van der Waals surface area contributed by atoms with E-state index in [9.17, 15) is 13.5 Å². The van der Waals surface area contributed by atoms with Crippen LogP contribution >= 0.6 is 11.3 Å². The lowest BCUT2D eigenvalue weighted by Crippen LogP contribution is -2.00. The molecule has 0 bridgehead atoms. The van der Waals surface area contributed by atoms with Crippen molar-refractivity contribution in [3.8, 4) is 29.4 Å². The number of aryl methyl sites for hydroxylation is 1. The van der Waals surface area contributed by atoms with Crippen LogP contribution in [0.2, 0.25) is 0 Å². The van der Waals surface area contributed by atoms with Gasteiger partial charge < -0.3 is 10.4 Å². The molecule has 0 aliphatic carbocycles. The molecule has 3 rings (SSSR count). The van der Waals surface area contributed by atoms with Crippen molar-refractivity contribution in [3.05, 3.63) is 64.5 Å². The van der Waals surface area contributed by atoms with E-state index in [1.807, 2.05) is 37.3 Å². The highest BCUT2D eigenvalue weighted by molar-refractivity contribution is 7.94. The van der Waals surface area contributed by atoms with Crippen LogP contribution in [0.15, 0.2) is 48.4 Å². The molecule has 0 radical (unpaired) electrons. The van der Waals surface area contributed by atoms with Gasteiger partial charge in [0.05, 0.1) is 22.0 Å². The number of benzene rings is 2. The summed E-state index contributed by atoms with van der Waals surface area (Å²) in [6.45, 7) is 5.61. The third kappa shape index (κ3) is 5.87.